The minimum absolute atomic E-state index is 0.0460. The lowest BCUT2D eigenvalue weighted by atomic mass is 9.92. The Bertz CT molecular complexity index is 2200. The van der Waals surface area contributed by atoms with Crippen molar-refractivity contribution in [2.24, 2.45) is 11.8 Å². The van der Waals surface area contributed by atoms with E-state index in [0.717, 1.165) is 76.6 Å². The monoisotopic (exact) mass is 798 g/mol. The van der Waals surface area contributed by atoms with Crippen LogP contribution in [0, 0.1) is 17.2 Å². The summed E-state index contributed by atoms with van der Waals surface area (Å²) in [5, 5.41) is 14.7. The Labute approximate surface area is 343 Å². The zero-order valence-corrected chi connectivity index (χ0v) is 33.2. The van der Waals surface area contributed by atoms with Gasteiger partial charge in [-0.15, -0.1) is 0 Å². The van der Waals surface area contributed by atoms with E-state index >= 15 is 0 Å². The number of nitrogen functional groups attached to an aromatic ring is 1. The van der Waals surface area contributed by atoms with Crippen LogP contribution in [-0.2, 0) is 9.59 Å². The summed E-state index contributed by atoms with van der Waals surface area (Å²) in [6.45, 7) is 9.87. The third-order valence-electron chi connectivity index (χ3n) is 11.9. The molecule has 1 atom stereocenters. The van der Waals surface area contributed by atoms with Crippen LogP contribution in [0.2, 0.25) is 0 Å². The van der Waals surface area contributed by atoms with E-state index in [1.54, 1.807) is 13.0 Å². The predicted octanol–water partition coefficient (Wildman–Crippen LogP) is 4.25. The van der Waals surface area contributed by atoms with Crippen LogP contribution in [0.3, 0.4) is 0 Å². The molecule has 15 nitrogen and oxygen atoms in total. The summed E-state index contributed by atoms with van der Waals surface area (Å²) >= 11 is 0. The van der Waals surface area contributed by atoms with E-state index in [0.29, 0.717) is 52.1 Å². The molecule has 59 heavy (non-hydrogen) atoms. The Hall–Kier alpha value is -6.19. The largest absolute Gasteiger partial charge is 0.457 e. The lowest BCUT2D eigenvalue weighted by Crippen LogP contribution is -2.58. The molecule has 8 rings (SSSR count). The molecule has 306 valence electrons. The van der Waals surface area contributed by atoms with E-state index < -0.39 is 11.9 Å². The number of benzene rings is 3. The quantitative estimate of drug-likeness (QED) is 0.0718. The van der Waals surface area contributed by atoms with Crippen LogP contribution < -0.4 is 26.0 Å². The Kier molecular flexibility index (Phi) is 11.7. The lowest BCUT2D eigenvalue weighted by molar-refractivity contribution is -0.125. The Balaban J connectivity index is 0.752. The second-order valence-electron chi connectivity index (χ2n) is 16.2. The number of ether oxygens (including phenoxy) is 1. The van der Waals surface area contributed by atoms with Crippen molar-refractivity contribution in [1.82, 2.24) is 30.0 Å². The number of amides is 4. The zero-order chi connectivity index (χ0) is 41.0. The molecule has 0 spiro atoms. The number of nitrogens with zero attached hydrogens (tertiary/aromatic N) is 6. The van der Waals surface area contributed by atoms with Crippen LogP contribution in [0.25, 0.3) is 0 Å². The summed E-state index contributed by atoms with van der Waals surface area (Å²) in [7, 11) is 0. The first-order valence-electron chi connectivity index (χ1n) is 20.4. The van der Waals surface area contributed by atoms with Crippen molar-refractivity contribution in [3.05, 3.63) is 101 Å². The van der Waals surface area contributed by atoms with Crippen molar-refractivity contribution < 1.29 is 23.9 Å². The summed E-state index contributed by atoms with van der Waals surface area (Å²) in [4.78, 5) is 65.9. The van der Waals surface area contributed by atoms with Gasteiger partial charge in [-0.1, -0.05) is 18.2 Å². The zero-order valence-electron chi connectivity index (χ0n) is 33.2. The number of aromatic nitrogens is 2. The third-order valence-corrected chi connectivity index (χ3v) is 11.9. The minimum Gasteiger partial charge on any atom is -0.457 e. The highest BCUT2D eigenvalue weighted by molar-refractivity contribution is 6.22. The number of carbonyl (C=O) groups excluding carboxylic acids is 4. The van der Waals surface area contributed by atoms with Gasteiger partial charge in [-0.2, -0.15) is 0 Å². The average molecular weight is 799 g/mol. The van der Waals surface area contributed by atoms with Crippen molar-refractivity contribution in [3.63, 3.8) is 0 Å². The minimum atomic E-state index is -0.467. The molecular weight excluding hydrogens is 749 g/mol. The second kappa shape index (κ2) is 17.3. The van der Waals surface area contributed by atoms with Crippen LogP contribution in [-0.4, -0.2) is 119 Å². The van der Waals surface area contributed by atoms with Gasteiger partial charge >= 0.3 is 0 Å². The molecule has 15 heteroatoms. The van der Waals surface area contributed by atoms with E-state index in [1.165, 1.54) is 11.2 Å². The Morgan fingerprint density at radius 2 is 1.58 bits per heavy atom. The van der Waals surface area contributed by atoms with E-state index in [4.69, 9.17) is 15.9 Å². The fraction of sp³-hybridized carbons (Fsp3) is 0.386. The van der Waals surface area contributed by atoms with Gasteiger partial charge in [0.05, 0.1) is 22.4 Å². The maximum atomic E-state index is 13.3. The van der Waals surface area contributed by atoms with E-state index in [9.17, 15) is 19.2 Å². The van der Waals surface area contributed by atoms with Crippen molar-refractivity contribution in [2.45, 2.75) is 44.7 Å². The maximum absolute atomic E-state index is 13.3. The summed E-state index contributed by atoms with van der Waals surface area (Å²) in [5.41, 5.74) is 9.53. The molecule has 0 aliphatic carbocycles. The van der Waals surface area contributed by atoms with E-state index in [2.05, 4.69) is 35.3 Å². The molecule has 3 fully saturated rings. The molecule has 5 heterocycles. The number of piperidine rings is 1. The van der Waals surface area contributed by atoms with Crippen LogP contribution in [0.5, 0.6) is 11.5 Å². The van der Waals surface area contributed by atoms with Gasteiger partial charge in [0.2, 0.25) is 12.3 Å². The van der Waals surface area contributed by atoms with Crippen LogP contribution >= 0.6 is 0 Å². The smallest absolute Gasteiger partial charge is 0.261 e. The molecule has 5 N–H and O–H groups in total. The first kappa shape index (κ1) is 39.6. The predicted molar refractivity (Wildman–Crippen MR) is 224 cm³/mol. The molecule has 3 saturated heterocycles. The van der Waals surface area contributed by atoms with Crippen molar-refractivity contribution in [3.8, 4) is 11.5 Å². The standard InChI is InChI=1S/C44H50N10O5/c1-28(7-14-38(56)49-27-55)54-43(57)36-13-10-33(19-37(36)44(54)58)53-24-30(25-53)23-52-21-29(22-52)20-51-17-15-32(16-18-51)50-42-39(41(46)47-26-48-42)40(45)31-8-11-35(12-9-31)59-34-5-3-2-4-6-34/h2-6,8-13,19,26-30,32,45H,7,14-18,20-25H2,1H3,(H,49,55,56)(H3,46,47,48,50). The number of imide groups is 2. The number of anilines is 3. The number of para-hydroxylation sites is 1. The average Bonchev–Trinajstić information content (AvgIpc) is 3.46. The molecule has 4 aliphatic rings. The van der Waals surface area contributed by atoms with Crippen molar-refractivity contribution in [1.29, 1.82) is 5.41 Å². The second-order valence-corrected chi connectivity index (χ2v) is 16.2. The SMILES string of the molecule is CC(CCC(=O)NC=O)N1C(=O)c2ccc(N3CC(CN4CC(CN5CCC(Nc6ncnc(N)c6C(=N)c6ccc(Oc7ccccc7)cc6)CC5)C4)C3)cc2C1=O. The topological polar surface area (TPSA) is 190 Å². The molecule has 1 aromatic heterocycles. The van der Waals surface area contributed by atoms with Gasteiger partial charge in [-0.3, -0.25) is 34.8 Å². The number of nitrogens with two attached hydrogens (primary N) is 1. The summed E-state index contributed by atoms with van der Waals surface area (Å²) in [6.07, 6.45) is 4.04. The molecular formula is C44H50N10O5. The van der Waals surface area contributed by atoms with Crippen molar-refractivity contribution in [2.75, 3.05) is 68.3 Å². The molecule has 1 unspecified atom stereocenters. The third kappa shape index (κ3) is 8.81. The van der Waals surface area contributed by atoms with Gasteiger partial charge in [-0.25, -0.2) is 9.97 Å². The Morgan fingerprint density at radius 1 is 0.898 bits per heavy atom. The number of likely N-dealkylation sites (tertiary alicyclic amines) is 2. The first-order valence-corrected chi connectivity index (χ1v) is 20.4. The molecule has 3 aromatic carbocycles. The Morgan fingerprint density at radius 3 is 2.31 bits per heavy atom. The highest BCUT2D eigenvalue weighted by Gasteiger charge is 2.40. The van der Waals surface area contributed by atoms with Crippen LogP contribution in [0.4, 0.5) is 17.3 Å². The number of rotatable bonds is 16. The van der Waals surface area contributed by atoms with Gasteiger partial charge in [0.1, 0.15) is 29.5 Å². The number of nitrogens with one attached hydrogen (secondary N) is 3. The summed E-state index contributed by atoms with van der Waals surface area (Å²) in [5.74, 6) is 2.37. The molecule has 0 saturated carbocycles. The maximum Gasteiger partial charge on any atom is 0.261 e. The van der Waals surface area contributed by atoms with Gasteiger partial charge in [0.25, 0.3) is 11.8 Å². The number of hydrogen-bond donors (Lipinski definition) is 4. The number of hydrogen-bond acceptors (Lipinski definition) is 13. The van der Waals surface area contributed by atoms with Crippen LogP contribution in [0.15, 0.2) is 79.1 Å². The normalized spacial score (nSPS) is 18.2. The fourth-order valence-corrected chi connectivity index (χ4v) is 8.69. The molecule has 0 radical (unpaired) electrons. The van der Waals surface area contributed by atoms with E-state index in [-0.39, 0.29) is 42.2 Å². The molecule has 0 bridgehead atoms. The first-order chi connectivity index (χ1) is 28.6. The lowest BCUT2D eigenvalue weighted by Gasteiger charge is -2.48. The number of carbonyl (C=O) groups is 4. The van der Waals surface area contributed by atoms with Gasteiger partial charge < -0.3 is 30.5 Å². The molecule has 4 amide bonds. The number of fused-ring (bicyclic) bond motifs is 1. The van der Waals surface area contributed by atoms with Crippen LogP contribution in [0.1, 0.15) is 64.4 Å². The van der Waals surface area contributed by atoms with Crippen molar-refractivity contribution >= 4 is 47.2 Å². The van der Waals surface area contributed by atoms with E-state index in [1.807, 2.05) is 66.7 Å². The molecule has 4 aromatic rings. The summed E-state index contributed by atoms with van der Waals surface area (Å²) < 4.78 is 5.92. The summed E-state index contributed by atoms with van der Waals surface area (Å²) in [6, 6.07) is 22.2. The van der Waals surface area contributed by atoms with Gasteiger partial charge in [0, 0.05) is 88.0 Å². The highest BCUT2D eigenvalue weighted by Crippen LogP contribution is 2.34. The highest BCUT2D eigenvalue weighted by atomic mass is 16.5. The van der Waals surface area contributed by atoms with Gasteiger partial charge in [0.15, 0.2) is 0 Å². The fourth-order valence-electron chi connectivity index (χ4n) is 8.69. The van der Waals surface area contributed by atoms with Gasteiger partial charge in [-0.05, 0) is 86.7 Å². The molecule has 4 aliphatic heterocycles.